The van der Waals surface area contributed by atoms with E-state index in [1.807, 2.05) is 0 Å². The highest BCUT2D eigenvalue weighted by Crippen LogP contribution is 2.53. The van der Waals surface area contributed by atoms with Gasteiger partial charge < -0.3 is 0 Å². The van der Waals surface area contributed by atoms with Gasteiger partial charge in [0.25, 0.3) is 0 Å². The normalized spacial score (nSPS) is 19.5. The molecule has 0 heterocycles. The van der Waals surface area contributed by atoms with Crippen LogP contribution < -0.4 is 10.9 Å². The molecule has 0 spiro atoms. The summed E-state index contributed by atoms with van der Waals surface area (Å²) in [6, 6.07) is 1.49. The van der Waals surface area contributed by atoms with Crippen LogP contribution in [0.5, 0.6) is 0 Å². The first-order valence-electron chi connectivity index (χ1n) is 6.82. The summed E-state index contributed by atoms with van der Waals surface area (Å²) < 4.78 is 37.2. The summed E-state index contributed by atoms with van der Waals surface area (Å²) >= 11 is 23.7. The van der Waals surface area contributed by atoms with Gasteiger partial charge in [-0.15, -0.1) is 29.8 Å². The zero-order chi connectivity index (χ0) is 18.8. The van der Waals surface area contributed by atoms with Crippen LogP contribution in [-0.4, -0.2) is 16.8 Å². The van der Waals surface area contributed by atoms with Crippen molar-refractivity contribution >= 4 is 57.9 Å². The number of halogens is 7. The largest absolute Gasteiger partial charge is 0.416 e. The van der Waals surface area contributed by atoms with Crippen molar-refractivity contribution in [2.75, 3.05) is 12.0 Å². The molecule has 0 radical (unpaired) electrons. The summed E-state index contributed by atoms with van der Waals surface area (Å²) in [5, 5.41) is 3.53. The standard InChI is InChI=1S/C14H12Cl4F3N3O/c1-2-3-25-24-12(8-6-13(8,17)18)23-22-11-9(15)4-7(5-10(11)16)14(19,20)21/h2,4-5,8,22H,1,3,6H2,(H,23,24). The third-order valence-electron chi connectivity index (χ3n) is 3.19. The number of anilines is 1. The summed E-state index contributed by atoms with van der Waals surface area (Å²) in [6.45, 7) is 3.68. The van der Waals surface area contributed by atoms with Crippen molar-refractivity contribution in [3.63, 3.8) is 0 Å². The zero-order valence-corrected chi connectivity index (χ0v) is 15.5. The maximum Gasteiger partial charge on any atom is 0.416 e. The summed E-state index contributed by atoms with van der Waals surface area (Å²) in [4.78, 5) is 5.08. The molecule has 1 atom stereocenters. The minimum atomic E-state index is -4.56. The number of hydrazone groups is 1. The summed E-state index contributed by atoms with van der Waals surface area (Å²) in [6.07, 6.45) is -2.63. The fourth-order valence-electron chi connectivity index (χ4n) is 1.82. The molecule has 1 aromatic carbocycles. The van der Waals surface area contributed by atoms with Gasteiger partial charge in [0.05, 0.1) is 33.8 Å². The fraction of sp³-hybridized carbons (Fsp3) is 0.357. The van der Waals surface area contributed by atoms with E-state index < -0.39 is 16.1 Å². The molecule has 1 fully saturated rings. The number of amidine groups is 1. The van der Waals surface area contributed by atoms with Crippen molar-refractivity contribution in [2.45, 2.75) is 16.9 Å². The lowest BCUT2D eigenvalue weighted by molar-refractivity contribution is -0.137. The smallest absolute Gasteiger partial charge is 0.274 e. The predicted molar refractivity (Wildman–Crippen MR) is 94.4 cm³/mol. The Bertz CT molecular complexity index is 671. The van der Waals surface area contributed by atoms with E-state index in [1.54, 1.807) is 0 Å². The monoisotopic (exact) mass is 435 g/mol. The van der Waals surface area contributed by atoms with E-state index in [1.165, 1.54) is 6.08 Å². The maximum atomic E-state index is 12.7. The molecular formula is C14H12Cl4F3N3O. The van der Waals surface area contributed by atoms with Crippen LogP contribution in [-0.2, 0) is 11.0 Å². The van der Waals surface area contributed by atoms with E-state index in [0.717, 1.165) is 12.1 Å². The van der Waals surface area contributed by atoms with Gasteiger partial charge in [0, 0.05) is 0 Å². The molecule has 25 heavy (non-hydrogen) atoms. The van der Waals surface area contributed by atoms with Crippen LogP contribution in [0.3, 0.4) is 0 Å². The van der Waals surface area contributed by atoms with Crippen molar-refractivity contribution in [1.82, 2.24) is 5.48 Å². The van der Waals surface area contributed by atoms with Crippen LogP contribution in [0.4, 0.5) is 18.9 Å². The Morgan fingerprint density at radius 2 is 1.92 bits per heavy atom. The van der Waals surface area contributed by atoms with Gasteiger partial charge in [0.1, 0.15) is 4.33 Å². The molecule has 0 bridgehead atoms. The van der Waals surface area contributed by atoms with Gasteiger partial charge in [-0.05, 0) is 18.6 Å². The van der Waals surface area contributed by atoms with Crippen molar-refractivity contribution in [1.29, 1.82) is 0 Å². The second-order valence-electron chi connectivity index (χ2n) is 5.14. The Labute approximate surface area is 161 Å². The van der Waals surface area contributed by atoms with Crippen molar-refractivity contribution in [3.05, 3.63) is 40.4 Å². The van der Waals surface area contributed by atoms with Gasteiger partial charge in [0.2, 0.25) is 0 Å². The minimum absolute atomic E-state index is 0.00903. The molecular weight excluding hydrogens is 425 g/mol. The molecule has 1 saturated carbocycles. The second kappa shape index (κ2) is 7.80. The number of rotatable bonds is 6. The Hall–Kier alpha value is -0.860. The van der Waals surface area contributed by atoms with E-state index in [4.69, 9.17) is 51.2 Å². The number of hydrogen-bond donors (Lipinski definition) is 2. The van der Waals surface area contributed by atoms with Crippen molar-refractivity contribution in [3.8, 4) is 0 Å². The Morgan fingerprint density at radius 3 is 2.36 bits per heavy atom. The fourth-order valence-corrected chi connectivity index (χ4v) is 2.90. The molecule has 11 heteroatoms. The minimum Gasteiger partial charge on any atom is -0.274 e. The van der Waals surface area contributed by atoms with E-state index in [0.29, 0.717) is 6.42 Å². The quantitative estimate of drug-likeness (QED) is 0.151. The Kier molecular flexibility index (Phi) is 6.38. The molecule has 2 N–H and O–H groups in total. The molecule has 1 aliphatic rings. The second-order valence-corrected chi connectivity index (χ2v) is 7.50. The lowest BCUT2D eigenvalue weighted by atomic mass is 10.2. The molecule has 0 aliphatic heterocycles. The number of hydroxylamine groups is 1. The van der Waals surface area contributed by atoms with Gasteiger partial charge in [0.15, 0.2) is 5.84 Å². The lowest BCUT2D eigenvalue weighted by Gasteiger charge is -2.13. The number of alkyl halides is 5. The van der Waals surface area contributed by atoms with Crippen molar-refractivity contribution < 1.29 is 18.0 Å². The van der Waals surface area contributed by atoms with Crippen LogP contribution >= 0.6 is 46.4 Å². The molecule has 2 rings (SSSR count). The summed E-state index contributed by atoms with van der Waals surface area (Å²) in [7, 11) is 0. The first kappa shape index (κ1) is 20.5. The van der Waals surface area contributed by atoms with Gasteiger partial charge in [-0.2, -0.15) is 18.3 Å². The first-order valence-corrected chi connectivity index (χ1v) is 8.34. The summed E-state index contributed by atoms with van der Waals surface area (Å²) in [5.74, 6) is -0.0981. The number of nitrogens with zero attached hydrogens (tertiary/aromatic N) is 1. The van der Waals surface area contributed by atoms with Crippen LogP contribution in [0.15, 0.2) is 29.9 Å². The van der Waals surface area contributed by atoms with E-state index >= 15 is 0 Å². The molecule has 1 aliphatic carbocycles. The van der Waals surface area contributed by atoms with Crippen molar-refractivity contribution in [2.24, 2.45) is 11.0 Å². The lowest BCUT2D eigenvalue weighted by Crippen LogP contribution is -2.28. The van der Waals surface area contributed by atoms with Crippen LogP contribution in [0.1, 0.15) is 12.0 Å². The summed E-state index contributed by atoms with van der Waals surface area (Å²) in [5.41, 5.74) is 4.13. The highest BCUT2D eigenvalue weighted by atomic mass is 35.5. The van der Waals surface area contributed by atoms with Gasteiger partial charge >= 0.3 is 6.18 Å². The van der Waals surface area contributed by atoms with Crippen LogP contribution in [0, 0.1) is 5.92 Å². The number of hydrogen-bond acceptors (Lipinski definition) is 3. The third kappa shape index (κ3) is 5.31. The Balaban J connectivity index is 2.21. The van der Waals surface area contributed by atoms with Gasteiger partial charge in [-0.3, -0.25) is 15.7 Å². The van der Waals surface area contributed by atoms with E-state index in [-0.39, 0.29) is 34.1 Å². The number of nitrogens with one attached hydrogen (secondary N) is 2. The zero-order valence-electron chi connectivity index (χ0n) is 12.4. The molecule has 4 nitrogen and oxygen atoms in total. The predicted octanol–water partition coefficient (Wildman–Crippen LogP) is 5.64. The Morgan fingerprint density at radius 1 is 1.36 bits per heavy atom. The highest BCUT2D eigenvalue weighted by molar-refractivity contribution is 6.52. The average Bonchev–Trinajstić information content (AvgIpc) is 3.12. The van der Waals surface area contributed by atoms with Gasteiger partial charge in [-0.25, -0.2) is 0 Å². The molecule has 0 amide bonds. The van der Waals surface area contributed by atoms with Crippen LogP contribution in [0.2, 0.25) is 10.0 Å². The maximum absolute atomic E-state index is 12.7. The molecule has 0 saturated heterocycles. The van der Waals surface area contributed by atoms with Crippen LogP contribution in [0.25, 0.3) is 0 Å². The third-order valence-corrected chi connectivity index (χ3v) is 4.62. The average molecular weight is 437 g/mol. The van der Waals surface area contributed by atoms with Gasteiger partial charge in [-0.1, -0.05) is 29.3 Å². The molecule has 1 unspecified atom stereocenters. The van der Waals surface area contributed by atoms with E-state index in [2.05, 4.69) is 22.6 Å². The highest BCUT2D eigenvalue weighted by Gasteiger charge is 2.55. The number of benzene rings is 1. The first-order chi connectivity index (χ1) is 11.6. The van der Waals surface area contributed by atoms with E-state index in [9.17, 15) is 13.2 Å². The SMILES string of the molecule is C=CCON/C(=N\Nc1c(Cl)cc(C(F)(F)F)cc1Cl)C1CC1(Cl)Cl. The topological polar surface area (TPSA) is 45.6 Å². The molecule has 0 aromatic heterocycles. The molecule has 1 aromatic rings. The molecule has 138 valence electrons.